The molecule has 0 heterocycles. The first-order valence-electron chi connectivity index (χ1n) is 2.02. The van der Waals surface area contributed by atoms with E-state index in [-0.39, 0.29) is 0 Å². The highest BCUT2D eigenvalue weighted by Crippen LogP contribution is 2.22. The Morgan fingerprint density at radius 2 is 1.60 bits per heavy atom. The molecule has 0 aliphatic heterocycles. The Morgan fingerprint density at radius 1 is 1.30 bits per heavy atom. The molecule has 0 aromatic heterocycles. The monoisotopic (exact) mass is 176 g/mol. The van der Waals surface area contributed by atoms with E-state index in [0.29, 0.717) is 0 Å². The fraction of sp³-hybridized carbons (Fsp3) is 0.200. The van der Waals surface area contributed by atoms with Gasteiger partial charge in [0.1, 0.15) is 0 Å². The largest absolute Gasteiger partial charge is 0.346 e. The van der Waals surface area contributed by atoms with E-state index < -0.39 is 17.5 Å². The van der Waals surface area contributed by atoms with Crippen LogP contribution in [-0.4, -0.2) is 5.38 Å². The minimum atomic E-state index is -3.92. The first-order chi connectivity index (χ1) is 4.42. The van der Waals surface area contributed by atoms with E-state index >= 15 is 0 Å². The minimum Gasteiger partial charge on any atom is -0.184 e. The van der Waals surface area contributed by atoms with Gasteiger partial charge in [0.2, 0.25) is 0 Å². The predicted molar refractivity (Wildman–Crippen MR) is 32.4 cm³/mol. The molecular formula is C5H5ClF4. The van der Waals surface area contributed by atoms with Crippen LogP contribution in [0.3, 0.4) is 0 Å². The summed E-state index contributed by atoms with van der Waals surface area (Å²) in [4.78, 5) is 0. The van der Waals surface area contributed by atoms with Gasteiger partial charge in [0, 0.05) is 0 Å². The van der Waals surface area contributed by atoms with Gasteiger partial charge in [0.15, 0.2) is 0 Å². The van der Waals surface area contributed by atoms with Gasteiger partial charge in [-0.1, -0.05) is 0 Å². The van der Waals surface area contributed by atoms with Crippen molar-refractivity contribution in [3.8, 4) is 0 Å². The fourth-order valence-corrected chi connectivity index (χ4v) is 0.206. The predicted octanol–water partition coefficient (Wildman–Crippen LogP) is 3.40. The molecule has 0 bridgehead atoms. The second kappa shape index (κ2) is 5.29. The Kier molecular flexibility index (Phi) is 6.45. The van der Waals surface area contributed by atoms with Crippen LogP contribution in [0.2, 0.25) is 0 Å². The third-order valence-electron chi connectivity index (χ3n) is 0.273. The maximum Gasteiger partial charge on any atom is 0.346 e. The van der Waals surface area contributed by atoms with Crippen LogP contribution < -0.4 is 0 Å². The molecule has 10 heavy (non-hydrogen) atoms. The number of halogens is 5. The molecule has 60 valence electrons. The summed E-state index contributed by atoms with van der Waals surface area (Å²) < 4.78 is 44.0. The Labute approximate surface area is 60.8 Å². The lowest BCUT2D eigenvalue weighted by molar-refractivity contribution is 0.146. The zero-order valence-electron chi connectivity index (χ0n) is 4.88. The lowest BCUT2D eigenvalue weighted by atomic mass is 10.6. The van der Waals surface area contributed by atoms with Crippen molar-refractivity contribution in [2.45, 2.75) is 5.38 Å². The molecule has 0 aromatic rings. The number of allylic oxidation sites excluding steroid dienone is 1. The number of hydrogen-bond donors (Lipinski definition) is 0. The molecule has 0 atom stereocenters. The van der Waals surface area contributed by atoms with Gasteiger partial charge in [-0.2, -0.15) is 17.6 Å². The standard InChI is InChI=1S/C3HClF4.C2H4/c4-3(7,8)1-2(5)6;1-2/h1H;1-2H2. The second-order valence-corrected chi connectivity index (χ2v) is 1.48. The highest BCUT2D eigenvalue weighted by molar-refractivity contribution is 6.22. The van der Waals surface area contributed by atoms with Crippen LogP contribution in [0.25, 0.3) is 0 Å². The lowest BCUT2D eigenvalue weighted by Crippen LogP contribution is -1.98. The van der Waals surface area contributed by atoms with Crippen LogP contribution in [0.5, 0.6) is 0 Å². The molecule has 0 fully saturated rings. The fourth-order valence-electron chi connectivity index (χ4n) is 0.124. The van der Waals surface area contributed by atoms with Gasteiger partial charge in [0.25, 0.3) is 6.08 Å². The van der Waals surface area contributed by atoms with Gasteiger partial charge in [-0.05, 0) is 11.6 Å². The van der Waals surface area contributed by atoms with Gasteiger partial charge in [-0.3, -0.25) is 0 Å². The normalized spacial score (nSPS) is 9.30. The van der Waals surface area contributed by atoms with Crippen molar-refractivity contribution in [3.63, 3.8) is 0 Å². The van der Waals surface area contributed by atoms with Gasteiger partial charge in [-0.25, -0.2) is 0 Å². The zero-order valence-corrected chi connectivity index (χ0v) is 5.64. The molecule has 0 nitrogen and oxygen atoms in total. The van der Waals surface area contributed by atoms with Crippen LogP contribution in [0.4, 0.5) is 17.6 Å². The summed E-state index contributed by atoms with van der Waals surface area (Å²) >= 11 is 4.04. The molecule has 0 N–H and O–H groups in total. The van der Waals surface area contributed by atoms with E-state index in [9.17, 15) is 17.6 Å². The molecule has 5 heteroatoms. The molecule has 0 aromatic carbocycles. The SMILES string of the molecule is C=C.FC(F)=CC(F)(F)Cl. The third kappa shape index (κ3) is 15.6. The molecule has 0 saturated heterocycles. The summed E-state index contributed by atoms with van der Waals surface area (Å²) in [5.74, 6) is 0. The Balaban J connectivity index is 0. The van der Waals surface area contributed by atoms with E-state index in [4.69, 9.17) is 0 Å². The van der Waals surface area contributed by atoms with Crippen molar-refractivity contribution in [3.05, 3.63) is 25.3 Å². The average molecular weight is 177 g/mol. The number of hydrogen-bond acceptors (Lipinski definition) is 0. The van der Waals surface area contributed by atoms with Crippen molar-refractivity contribution in [1.29, 1.82) is 0 Å². The van der Waals surface area contributed by atoms with Crippen LogP contribution in [0, 0.1) is 0 Å². The third-order valence-corrected chi connectivity index (χ3v) is 0.382. The van der Waals surface area contributed by atoms with Crippen LogP contribution in [-0.2, 0) is 0 Å². The molecular weight excluding hydrogens is 172 g/mol. The molecule has 0 saturated carbocycles. The van der Waals surface area contributed by atoms with Gasteiger partial charge >= 0.3 is 5.38 Å². The number of rotatable bonds is 1. The molecule has 0 radical (unpaired) electrons. The van der Waals surface area contributed by atoms with Gasteiger partial charge in [0.05, 0.1) is 6.08 Å². The van der Waals surface area contributed by atoms with Crippen LogP contribution in [0.1, 0.15) is 0 Å². The van der Waals surface area contributed by atoms with Crippen molar-refractivity contribution in [1.82, 2.24) is 0 Å². The Morgan fingerprint density at radius 3 is 1.60 bits per heavy atom. The summed E-state index contributed by atoms with van der Waals surface area (Å²) in [5, 5.41) is -3.92. The zero-order chi connectivity index (χ0) is 8.78. The average Bonchev–Trinajstić information content (AvgIpc) is 1.64. The highest BCUT2D eigenvalue weighted by Gasteiger charge is 2.22. The Hall–Kier alpha value is -0.510. The Bertz CT molecular complexity index is 111. The molecule has 0 amide bonds. The molecule has 0 unspecified atom stereocenters. The number of alkyl halides is 3. The first kappa shape index (κ1) is 12.2. The summed E-state index contributed by atoms with van der Waals surface area (Å²) in [6, 6.07) is 0. The van der Waals surface area contributed by atoms with E-state index in [1.165, 1.54) is 0 Å². The molecule has 0 spiro atoms. The van der Waals surface area contributed by atoms with Crippen molar-refractivity contribution >= 4 is 11.6 Å². The van der Waals surface area contributed by atoms with Crippen molar-refractivity contribution in [2.75, 3.05) is 0 Å². The van der Waals surface area contributed by atoms with E-state index in [1.54, 1.807) is 0 Å². The van der Waals surface area contributed by atoms with Crippen LogP contribution in [0.15, 0.2) is 25.3 Å². The first-order valence-corrected chi connectivity index (χ1v) is 2.40. The van der Waals surface area contributed by atoms with Crippen LogP contribution >= 0.6 is 11.6 Å². The maximum atomic E-state index is 11.2. The lowest BCUT2D eigenvalue weighted by Gasteiger charge is -1.95. The van der Waals surface area contributed by atoms with Crippen molar-refractivity contribution < 1.29 is 17.6 Å². The smallest absolute Gasteiger partial charge is 0.184 e. The highest BCUT2D eigenvalue weighted by atomic mass is 35.5. The molecule has 0 aliphatic carbocycles. The maximum absolute atomic E-state index is 11.2. The van der Waals surface area contributed by atoms with E-state index in [1.807, 2.05) is 0 Å². The summed E-state index contributed by atoms with van der Waals surface area (Å²) in [6.45, 7) is 6.00. The quantitative estimate of drug-likeness (QED) is 0.326. The van der Waals surface area contributed by atoms with E-state index in [2.05, 4.69) is 24.8 Å². The topological polar surface area (TPSA) is 0 Å². The summed E-state index contributed by atoms with van der Waals surface area (Å²) in [5.41, 5.74) is 0. The minimum absolute atomic E-state index is 0.630. The second-order valence-electron chi connectivity index (χ2n) is 0.976. The molecule has 0 aliphatic rings. The van der Waals surface area contributed by atoms with Crippen molar-refractivity contribution in [2.24, 2.45) is 0 Å². The van der Waals surface area contributed by atoms with Gasteiger partial charge < -0.3 is 0 Å². The summed E-state index contributed by atoms with van der Waals surface area (Å²) in [6.07, 6.45) is -3.11. The van der Waals surface area contributed by atoms with Gasteiger partial charge in [-0.15, -0.1) is 13.2 Å². The van der Waals surface area contributed by atoms with E-state index in [0.717, 1.165) is 0 Å². The molecule has 0 rings (SSSR count). The summed E-state index contributed by atoms with van der Waals surface area (Å²) in [7, 11) is 0.